The molecule has 0 saturated heterocycles. The molecular weight excluding hydrogens is 338 g/mol. The van der Waals surface area contributed by atoms with Gasteiger partial charge in [-0.2, -0.15) is 5.10 Å². The molecule has 0 spiro atoms. The van der Waals surface area contributed by atoms with Crippen LogP contribution in [0.1, 0.15) is 10.5 Å². The third-order valence-corrected chi connectivity index (χ3v) is 4.35. The van der Waals surface area contributed by atoms with Crippen molar-refractivity contribution in [2.75, 3.05) is 5.32 Å². The van der Waals surface area contributed by atoms with E-state index in [0.717, 1.165) is 16.4 Å². The first-order chi connectivity index (χ1) is 12.2. The first-order valence-electron chi connectivity index (χ1n) is 7.39. The highest BCUT2D eigenvalue weighted by molar-refractivity contribution is 7.13. The van der Waals surface area contributed by atoms with Crippen molar-refractivity contribution in [3.8, 4) is 16.4 Å². The molecule has 4 aromatic heterocycles. The van der Waals surface area contributed by atoms with Crippen LogP contribution < -0.4 is 5.32 Å². The van der Waals surface area contributed by atoms with E-state index < -0.39 is 0 Å². The van der Waals surface area contributed by atoms with Gasteiger partial charge in [-0.15, -0.1) is 11.3 Å². The lowest BCUT2D eigenvalue weighted by Gasteiger charge is -2.05. The van der Waals surface area contributed by atoms with Crippen LogP contribution in [-0.2, 0) is 7.05 Å². The molecule has 0 unspecified atom stereocenters. The summed E-state index contributed by atoms with van der Waals surface area (Å²) in [6.07, 6.45) is 10.3. The zero-order chi connectivity index (χ0) is 17.2. The lowest BCUT2D eigenvalue weighted by molar-refractivity contribution is 0.102. The predicted octanol–water partition coefficient (Wildman–Crippen LogP) is 2.38. The Morgan fingerprint density at radius 1 is 1.28 bits per heavy atom. The summed E-state index contributed by atoms with van der Waals surface area (Å²) in [4.78, 5) is 25.0. The maximum Gasteiger partial charge on any atom is 0.275 e. The van der Waals surface area contributed by atoms with E-state index >= 15 is 0 Å². The topological polar surface area (TPSA) is 90.5 Å². The van der Waals surface area contributed by atoms with E-state index in [1.165, 1.54) is 11.3 Å². The third kappa shape index (κ3) is 3.17. The van der Waals surface area contributed by atoms with Gasteiger partial charge in [0, 0.05) is 36.6 Å². The number of aromatic nitrogens is 6. The van der Waals surface area contributed by atoms with Gasteiger partial charge in [0.15, 0.2) is 0 Å². The first-order valence-corrected chi connectivity index (χ1v) is 8.27. The standard InChI is InChI=1S/C16H13N7OS/c1-22-8-11(6-19-22)16-21-13(9-25-16)15(24)20-12-2-3-14(18-7-12)23-5-4-17-10-23/h2-10H,1H3,(H,20,24). The Morgan fingerprint density at radius 3 is 2.88 bits per heavy atom. The molecule has 0 bridgehead atoms. The number of hydrogen-bond donors (Lipinski definition) is 1. The molecule has 0 saturated carbocycles. The fourth-order valence-electron chi connectivity index (χ4n) is 2.24. The number of thiazole rings is 1. The van der Waals surface area contributed by atoms with Crippen LogP contribution >= 0.6 is 11.3 Å². The predicted molar refractivity (Wildman–Crippen MR) is 93.6 cm³/mol. The number of imidazole rings is 1. The van der Waals surface area contributed by atoms with Gasteiger partial charge in [0.25, 0.3) is 5.91 Å². The molecule has 8 nitrogen and oxygen atoms in total. The largest absolute Gasteiger partial charge is 0.319 e. The number of nitrogens with one attached hydrogen (secondary N) is 1. The number of amides is 1. The van der Waals surface area contributed by atoms with E-state index in [1.807, 2.05) is 13.2 Å². The number of pyridine rings is 1. The third-order valence-electron chi connectivity index (χ3n) is 3.46. The average molecular weight is 351 g/mol. The summed E-state index contributed by atoms with van der Waals surface area (Å²) in [6, 6.07) is 3.59. The molecule has 4 heterocycles. The smallest absolute Gasteiger partial charge is 0.275 e. The minimum Gasteiger partial charge on any atom is -0.319 e. The number of carbonyl (C=O) groups excluding carboxylic acids is 1. The SMILES string of the molecule is Cn1cc(-c2nc(C(=O)Nc3ccc(-n4ccnc4)nc3)cs2)cn1. The summed E-state index contributed by atoms with van der Waals surface area (Å²) >= 11 is 1.40. The molecule has 1 amide bonds. The van der Waals surface area contributed by atoms with Crippen molar-refractivity contribution >= 4 is 22.9 Å². The molecule has 0 aliphatic carbocycles. The maximum absolute atomic E-state index is 12.3. The molecule has 25 heavy (non-hydrogen) atoms. The van der Waals surface area contributed by atoms with Gasteiger partial charge < -0.3 is 5.32 Å². The summed E-state index contributed by atoms with van der Waals surface area (Å²) in [6.45, 7) is 0. The van der Waals surface area contributed by atoms with E-state index in [1.54, 1.807) is 57.9 Å². The number of hydrogen-bond acceptors (Lipinski definition) is 6. The maximum atomic E-state index is 12.3. The Kier molecular flexibility index (Phi) is 3.82. The number of nitrogens with zero attached hydrogens (tertiary/aromatic N) is 6. The van der Waals surface area contributed by atoms with Crippen LogP contribution in [0.3, 0.4) is 0 Å². The monoisotopic (exact) mass is 351 g/mol. The fourth-order valence-corrected chi connectivity index (χ4v) is 3.02. The summed E-state index contributed by atoms with van der Waals surface area (Å²) in [5.41, 5.74) is 1.85. The zero-order valence-corrected chi connectivity index (χ0v) is 14.0. The number of carbonyl (C=O) groups is 1. The summed E-state index contributed by atoms with van der Waals surface area (Å²) in [5, 5.41) is 9.39. The van der Waals surface area contributed by atoms with Gasteiger partial charge in [-0.05, 0) is 12.1 Å². The Balaban J connectivity index is 1.48. The molecule has 0 radical (unpaired) electrons. The second-order valence-corrected chi connectivity index (χ2v) is 6.13. The lowest BCUT2D eigenvalue weighted by Crippen LogP contribution is -2.12. The molecule has 0 aromatic carbocycles. The molecule has 124 valence electrons. The molecular formula is C16H13N7OS. The molecule has 9 heteroatoms. The van der Waals surface area contributed by atoms with Crippen molar-refractivity contribution < 1.29 is 4.79 Å². The van der Waals surface area contributed by atoms with Gasteiger partial charge in [-0.25, -0.2) is 15.0 Å². The van der Waals surface area contributed by atoms with Crippen molar-refractivity contribution in [2.24, 2.45) is 7.05 Å². The highest BCUT2D eigenvalue weighted by Crippen LogP contribution is 2.23. The number of rotatable bonds is 4. The molecule has 4 aromatic rings. The highest BCUT2D eigenvalue weighted by Gasteiger charge is 2.13. The van der Waals surface area contributed by atoms with E-state index in [9.17, 15) is 4.79 Å². The van der Waals surface area contributed by atoms with Crippen molar-refractivity contribution in [3.63, 3.8) is 0 Å². The van der Waals surface area contributed by atoms with Crippen LogP contribution in [0, 0.1) is 0 Å². The van der Waals surface area contributed by atoms with E-state index in [2.05, 4.69) is 25.4 Å². The summed E-state index contributed by atoms with van der Waals surface area (Å²) in [7, 11) is 1.84. The number of aryl methyl sites for hydroxylation is 1. The van der Waals surface area contributed by atoms with Crippen LogP contribution in [-0.4, -0.2) is 35.2 Å². The van der Waals surface area contributed by atoms with Gasteiger partial charge in [0.1, 0.15) is 22.8 Å². The Morgan fingerprint density at radius 2 is 2.20 bits per heavy atom. The second kappa shape index (κ2) is 6.29. The van der Waals surface area contributed by atoms with Gasteiger partial charge in [-0.3, -0.25) is 14.0 Å². The average Bonchev–Trinajstić information content (AvgIpc) is 3.36. The van der Waals surface area contributed by atoms with Crippen LogP contribution in [0.25, 0.3) is 16.4 Å². The van der Waals surface area contributed by atoms with Gasteiger partial charge in [-0.1, -0.05) is 0 Å². The molecule has 0 atom stereocenters. The Hall–Kier alpha value is -3.33. The molecule has 1 N–H and O–H groups in total. The summed E-state index contributed by atoms with van der Waals surface area (Å²) < 4.78 is 3.48. The molecule has 4 rings (SSSR count). The Labute approximate surface area is 146 Å². The van der Waals surface area contributed by atoms with E-state index in [4.69, 9.17) is 0 Å². The van der Waals surface area contributed by atoms with Gasteiger partial charge in [0.2, 0.25) is 0 Å². The lowest BCUT2D eigenvalue weighted by atomic mass is 10.3. The van der Waals surface area contributed by atoms with Crippen LogP contribution in [0.15, 0.2) is 54.8 Å². The molecule has 0 aliphatic rings. The van der Waals surface area contributed by atoms with E-state index in [-0.39, 0.29) is 5.91 Å². The van der Waals surface area contributed by atoms with Crippen LogP contribution in [0.4, 0.5) is 5.69 Å². The summed E-state index contributed by atoms with van der Waals surface area (Å²) in [5.74, 6) is 0.451. The Bertz CT molecular complexity index is 1000. The normalized spacial score (nSPS) is 10.8. The van der Waals surface area contributed by atoms with Crippen molar-refractivity contribution in [1.29, 1.82) is 0 Å². The number of anilines is 1. The quantitative estimate of drug-likeness (QED) is 0.609. The molecule has 0 aliphatic heterocycles. The van der Waals surface area contributed by atoms with Crippen LogP contribution in [0.2, 0.25) is 0 Å². The fraction of sp³-hybridized carbons (Fsp3) is 0.0625. The van der Waals surface area contributed by atoms with Crippen molar-refractivity contribution in [3.05, 3.63) is 60.5 Å². The van der Waals surface area contributed by atoms with Gasteiger partial charge >= 0.3 is 0 Å². The van der Waals surface area contributed by atoms with E-state index in [0.29, 0.717) is 11.4 Å². The minimum atomic E-state index is -0.274. The zero-order valence-electron chi connectivity index (χ0n) is 13.2. The first kappa shape index (κ1) is 15.2. The highest BCUT2D eigenvalue weighted by atomic mass is 32.1. The second-order valence-electron chi connectivity index (χ2n) is 5.27. The van der Waals surface area contributed by atoms with Gasteiger partial charge in [0.05, 0.1) is 18.1 Å². The minimum absolute atomic E-state index is 0.274. The van der Waals surface area contributed by atoms with Crippen molar-refractivity contribution in [1.82, 2.24) is 29.3 Å². The van der Waals surface area contributed by atoms with Crippen molar-refractivity contribution in [2.45, 2.75) is 0 Å². The molecule has 0 fully saturated rings. The van der Waals surface area contributed by atoms with Crippen LogP contribution in [0.5, 0.6) is 0 Å².